The van der Waals surface area contributed by atoms with Gasteiger partial charge in [-0.2, -0.15) is 0 Å². The number of allylic oxidation sites excluding steroid dienone is 2. The number of hydrogen-bond donors (Lipinski definition) is 3. The maximum atomic E-state index is 12.1. The molecule has 0 bridgehead atoms. The molecule has 0 aromatic rings. The topological polar surface area (TPSA) is 131 Å². The van der Waals surface area contributed by atoms with Crippen molar-refractivity contribution in [2.24, 2.45) is 11.8 Å². The van der Waals surface area contributed by atoms with E-state index in [0.717, 1.165) is 70.5 Å². The lowest BCUT2D eigenvalue weighted by Gasteiger charge is -2.37. The summed E-state index contributed by atoms with van der Waals surface area (Å²) in [4.78, 5) is 46.7. The number of rotatable bonds is 16. The first-order chi connectivity index (χ1) is 34.1. The first-order valence-electron chi connectivity index (χ1n) is 22.7. The van der Waals surface area contributed by atoms with E-state index < -0.39 is 0 Å². The monoisotopic (exact) mass is 1510 g/mol. The number of aliphatic hydroxyl groups excluding tert-OH is 1. The molecule has 0 aromatic carbocycles. The molecule has 424 valence electrons. The molecular formula is C37H89N2O7P27. The average Bonchev–Trinajstić information content (AvgIpc) is 3.27. The van der Waals surface area contributed by atoms with Crippen LogP contribution in [0.25, 0.3) is 0 Å². The number of ether oxygens (including phenoxy) is 2. The van der Waals surface area contributed by atoms with Gasteiger partial charge in [0, 0.05) is 26.7 Å². The molecule has 2 amide bonds. The van der Waals surface area contributed by atoms with Crippen LogP contribution in [0.4, 0.5) is 0 Å². The predicted octanol–water partition coefficient (Wildman–Crippen LogP) is 21.1. The lowest BCUT2D eigenvalue weighted by Crippen LogP contribution is -2.40. The van der Waals surface area contributed by atoms with Crippen LogP contribution in [-0.2, 0) is 28.7 Å². The van der Waals surface area contributed by atoms with Crippen molar-refractivity contribution in [2.45, 2.75) is 130 Å². The second-order valence-corrected chi connectivity index (χ2v) is 117. The van der Waals surface area contributed by atoms with Crippen molar-refractivity contribution < 1.29 is 33.8 Å². The van der Waals surface area contributed by atoms with Crippen LogP contribution >= 0.6 is 219 Å². The summed E-state index contributed by atoms with van der Waals surface area (Å²) in [5, 5.41) is 15.3. The molecule has 0 aliphatic carbocycles. The zero-order valence-electron chi connectivity index (χ0n) is 43.0. The Kier molecular flexibility index (Phi) is 57.1. The van der Waals surface area contributed by atoms with Crippen LogP contribution in [0.5, 0.6) is 0 Å². The van der Waals surface area contributed by atoms with Crippen molar-refractivity contribution in [3.8, 4) is 0 Å². The van der Waals surface area contributed by atoms with Gasteiger partial charge in [-0.15, -0.1) is 134 Å². The Morgan fingerprint density at radius 3 is 1.23 bits per heavy atom. The summed E-state index contributed by atoms with van der Waals surface area (Å²) in [6.07, 6.45) is 20.9. The maximum absolute atomic E-state index is 12.1. The molecule has 23 atom stereocenters. The standard InChI is InChI=1S/C19H29NO3.C18H29NO4.H16P14.H15P13/c1-5-9-14(2)19-15(3)12-13-17(23-16(4)21)10-7-6-8-11-18(22)20-19;1-13-9-10-16(23-15(3)21)7-5-4-6-8-17(22)19-18(13)14(2)11-12-20;1-9(2)13(10(3)4)14(11(5)6)12(7)8;1-8-12(9(2)3)13(10(4)5)11(6)7/h5,9,12-13,15,17,19H,1,6-8,10-11H2,2-4H3,(H,20,22);9-11,13,16,18,20H,4-8,12H2,1-3H3,(H,19,22);1-8H2;8H,1-7H2/b13-12+,14-9+;10-9+,14-11+;;/t15-,17?,19?;13-,16?,18?;;/m00../s1. The van der Waals surface area contributed by atoms with E-state index in [2.05, 4.69) is 158 Å². The Morgan fingerprint density at radius 1 is 0.603 bits per heavy atom. The van der Waals surface area contributed by atoms with E-state index >= 15 is 0 Å². The third-order valence-corrected chi connectivity index (χ3v) is 162. The molecule has 0 radical (unpaired) electrons. The predicted molar refractivity (Wildman–Crippen MR) is 413 cm³/mol. The summed E-state index contributed by atoms with van der Waals surface area (Å²) in [5.74, 6) is -0.262. The van der Waals surface area contributed by atoms with Gasteiger partial charge in [0.25, 0.3) is 0 Å². The Balaban J connectivity index is 0. The van der Waals surface area contributed by atoms with Crippen molar-refractivity contribution in [3.05, 3.63) is 60.3 Å². The first-order valence-corrected chi connectivity index (χ1v) is 70.1. The van der Waals surface area contributed by atoms with Gasteiger partial charge in [-0.25, -0.2) is 0 Å². The van der Waals surface area contributed by atoms with Crippen LogP contribution in [0.3, 0.4) is 0 Å². The van der Waals surface area contributed by atoms with Gasteiger partial charge in [-0.3, -0.25) is 19.2 Å². The highest BCUT2D eigenvalue weighted by Gasteiger charge is 2.33. The third-order valence-electron chi connectivity index (χ3n) is 10.0. The molecule has 2 heterocycles. The Bertz CT molecular complexity index is 1670. The van der Waals surface area contributed by atoms with E-state index in [1.54, 1.807) is 12.2 Å². The van der Waals surface area contributed by atoms with E-state index in [0.29, 0.717) is 12.8 Å². The van der Waals surface area contributed by atoms with Gasteiger partial charge < -0.3 is 25.2 Å². The van der Waals surface area contributed by atoms with Crippen molar-refractivity contribution in [2.75, 3.05) is 6.61 Å². The van der Waals surface area contributed by atoms with Crippen LogP contribution in [-0.4, -0.2) is 59.8 Å². The highest BCUT2D eigenvalue weighted by molar-refractivity contribution is 9.27. The third kappa shape index (κ3) is 40.3. The quantitative estimate of drug-likeness (QED) is 0.0607. The highest BCUT2D eigenvalue weighted by atomic mass is 33.3. The number of nitrogens with one attached hydrogen (secondary N) is 2. The zero-order chi connectivity index (χ0) is 56.5. The minimum absolute atomic E-state index is 0.0399. The Hall–Kier alpha value is 8.15. The molecule has 3 N–H and O–H groups in total. The first kappa shape index (κ1) is 83.2. The molecule has 2 aliphatic rings. The van der Waals surface area contributed by atoms with Crippen molar-refractivity contribution in [1.82, 2.24) is 10.6 Å². The molecule has 0 saturated heterocycles. The lowest BCUT2D eigenvalue weighted by molar-refractivity contribution is -0.145. The van der Waals surface area contributed by atoms with Crippen LogP contribution in [0.2, 0.25) is 0 Å². The van der Waals surface area contributed by atoms with E-state index in [9.17, 15) is 19.2 Å². The molecule has 73 heavy (non-hydrogen) atoms. The van der Waals surface area contributed by atoms with Crippen LogP contribution < -0.4 is 10.6 Å². The molecule has 2 aliphatic heterocycles. The molecule has 0 spiro atoms. The number of hydrogen-bond acceptors (Lipinski definition) is 7. The fourth-order valence-electron chi connectivity index (χ4n) is 6.76. The van der Waals surface area contributed by atoms with Crippen molar-refractivity contribution in [3.63, 3.8) is 0 Å². The second-order valence-electron chi connectivity index (χ2n) is 16.2. The molecule has 2 rings (SSSR count). The minimum Gasteiger partial charge on any atom is -0.458 e. The molecule has 36 heteroatoms. The second kappa shape index (κ2) is 50.1. The van der Waals surface area contributed by atoms with Crippen molar-refractivity contribution in [1.29, 1.82) is 0 Å². The maximum Gasteiger partial charge on any atom is 0.303 e. The van der Waals surface area contributed by atoms with E-state index in [1.807, 2.05) is 51.2 Å². The number of esters is 2. The number of amides is 2. The summed E-state index contributed by atoms with van der Waals surface area (Å²) >= 11 is 0. The fourth-order valence-corrected chi connectivity index (χ4v) is 281. The summed E-state index contributed by atoms with van der Waals surface area (Å²) < 4.78 is 10.7. The number of carbonyl (C=O) groups excluding carboxylic acids is 4. The van der Waals surface area contributed by atoms with Crippen LogP contribution in [0.1, 0.15) is 106 Å². The average molecular weight is 1510 g/mol. The SMILES string of the molecule is C=C/C=C(\C)C1NC(=O)CCCCCC(OC(C)=O)/C=C/[C@@H]1C.CC(=O)OC1/C=C/[C@H](C)C(/C(C)=C/CO)NC(=O)CCCCC1.PP(P)P(P(P)P)P(P(P)P)P(P)P.PPP(P(P)P)P(P(P)P)P(P)P. The summed E-state index contributed by atoms with van der Waals surface area (Å²) in [6.45, 7) is 16.1. The lowest BCUT2D eigenvalue weighted by atomic mass is 9.93. The number of carbonyl (C=O) groups is 4. The van der Waals surface area contributed by atoms with E-state index in [1.165, 1.54) is 13.8 Å². The fraction of sp³-hybridized carbons (Fsp3) is 0.622. The summed E-state index contributed by atoms with van der Waals surface area (Å²) in [5.41, 5.74) is 1.99. The number of aliphatic hydroxyl groups is 1. The van der Waals surface area contributed by atoms with Gasteiger partial charge in [0.15, 0.2) is 0 Å². The van der Waals surface area contributed by atoms with E-state index in [4.69, 9.17) is 14.6 Å². The van der Waals surface area contributed by atoms with Gasteiger partial charge in [0.05, 0.1) is 18.7 Å². The molecule has 9 nitrogen and oxygen atoms in total. The minimum atomic E-state index is -0.277. The van der Waals surface area contributed by atoms with Crippen molar-refractivity contribution >= 4 is 242 Å². The molecule has 0 fully saturated rings. The molecule has 21 unspecified atom stereocenters. The summed E-state index contributed by atoms with van der Waals surface area (Å²) in [6, 6.07) is -0.238. The molecular weight excluding hydrogens is 1420 g/mol. The Morgan fingerprint density at radius 2 is 0.959 bits per heavy atom. The highest BCUT2D eigenvalue weighted by Crippen LogP contribution is 3.22. The van der Waals surface area contributed by atoms with Gasteiger partial charge in [-0.05, 0) is 153 Å². The Labute approximate surface area is 491 Å². The van der Waals surface area contributed by atoms with Gasteiger partial charge in [0.1, 0.15) is 12.2 Å². The zero-order valence-corrected chi connectivity index (χ0v) is 71.1. The smallest absolute Gasteiger partial charge is 0.303 e. The summed E-state index contributed by atoms with van der Waals surface area (Å²) in [7, 11) is 46.6. The van der Waals surface area contributed by atoms with Gasteiger partial charge in [0.2, 0.25) is 11.8 Å². The normalized spacial score (nSPS) is 23.6. The van der Waals surface area contributed by atoms with E-state index in [-0.39, 0.29) is 143 Å². The van der Waals surface area contributed by atoms with Gasteiger partial charge >= 0.3 is 11.9 Å². The van der Waals surface area contributed by atoms with Crippen LogP contribution in [0.15, 0.2) is 60.3 Å². The largest absolute Gasteiger partial charge is 0.458 e. The molecule has 0 saturated carbocycles. The van der Waals surface area contributed by atoms with Gasteiger partial charge in [-0.1, -0.05) is 82.8 Å². The van der Waals surface area contributed by atoms with Crippen LogP contribution in [0, 0.1) is 11.8 Å². The molecule has 0 aromatic heterocycles.